The maximum absolute atomic E-state index is 12.6. The summed E-state index contributed by atoms with van der Waals surface area (Å²) in [5.74, 6) is 0.612. The zero-order chi connectivity index (χ0) is 16.4. The third kappa shape index (κ3) is 2.87. The van der Waals surface area contributed by atoms with Gasteiger partial charge in [-0.2, -0.15) is 0 Å². The maximum Gasteiger partial charge on any atom is 0.259 e. The molecule has 6 heteroatoms. The summed E-state index contributed by atoms with van der Waals surface area (Å²) in [5.41, 5.74) is 6.28. The first-order valence-electron chi connectivity index (χ1n) is 7.09. The molecule has 0 unspecified atom stereocenters. The van der Waals surface area contributed by atoms with Gasteiger partial charge >= 0.3 is 0 Å². The van der Waals surface area contributed by atoms with Gasteiger partial charge in [-0.1, -0.05) is 35.9 Å². The number of carbonyl (C=O) groups is 1. The second kappa shape index (κ2) is 5.93. The van der Waals surface area contributed by atoms with Crippen LogP contribution in [0.2, 0.25) is 5.02 Å². The van der Waals surface area contributed by atoms with Crippen molar-refractivity contribution < 1.29 is 9.53 Å². The van der Waals surface area contributed by atoms with Crippen molar-refractivity contribution in [2.24, 2.45) is 10.7 Å². The SMILES string of the molecule is COc1ccc(C[C@]2(c3cccc(Cl)c3)N=C(N)NC2=O)cc1. The van der Waals surface area contributed by atoms with Gasteiger partial charge in [0.05, 0.1) is 7.11 Å². The molecule has 0 spiro atoms. The van der Waals surface area contributed by atoms with Crippen molar-refractivity contribution in [3.8, 4) is 5.75 Å². The Balaban J connectivity index is 2.04. The highest BCUT2D eigenvalue weighted by Crippen LogP contribution is 2.34. The van der Waals surface area contributed by atoms with E-state index >= 15 is 0 Å². The lowest BCUT2D eigenvalue weighted by atomic mass is 9.84. The molecule has 0 saturated carbocycles. The van der Waals surface area contributed by atoms with Crippen LogP contribution in [0.3, 0.4) is 0 Å². The molecular weight excluding hydrogens is 314 g/mol. The standard InChI is InChI=1S/C17H16ClN3O2/c1-23-14-7-5-11(6-8-14)10-17(15(22)20-16(19)21-17)12-3-2-4-13(18)9-12/h2-9H,10H2,1H3,(H3,19,20,21,22)/t17-/m1/s1. The van der Waals surface area contributed by atoms with Crippen LogP contribution in [0.15, 0.2) is 53.5 Å². The van der Waals surface area contributed by atoms with Crippen molar-refractivity contribution in [2.45, 2.75) is 12.0 Å². The molecule has 0 bridgehead atoms. The van der Waals surface area contributed by atoms with Crippen molar-refractivity contribution in [1.82, 2.24) is 5.32 Å². The van der Waals surface area contributed by atoms with Gasteiger partial charge in [-0.3, -0.25) is 10.1 Å². The van der Waals surface area contributed by atoms with Crippen molar-refractivity contribution in [1.29, 1.82) is 0 Å². The van der Waals surface area contributed by atoms with E-state index in [4.69, 9.17) is 22.1 Å². The monoisotopic (exact) mass is 329 g/mol. The summed E-state index contributed by atoms with van der Waals surface area (Å²) in [7, 11) is 1.61. The minimum absolute atomic E-state index is 0.114. The molecule has 3 N–H and O–H groups in total. The van der Waals surface area contributed by atoms with Gasteiger partial charge in [-0.15, -0.1) is 0 Å². The average Bonchev–Trinajstić information content (AvgIpc) is 2.83. The molecule has 1 aliphatic heterocycles. The number of nitrogens with two attached hydrogens (primary N) is 1. The normalized spacial score (nSPS) is 20.1. The van der Waals surface area contributed by atoms with Gasteiger partial charge in [0, 0.05) is 11.4 Å². The molecule has 5 nitrogen and oxygen atoms in total. The van der Waals surface area contributed by atoms with E-state index < -0.39 is 5.54 Å². The molecule has 2 aromatic carbocycles. The molecule has 0 saturated heterocycles. The number of guanidine groups is 1. The summed E-state index contributed by atoms with van der Waals surface area (Å²) in [6.07, 6.45) is 0.379. The Labute approximate surface area is 139 Å². The second-order valence-corrected chi connectivity index (χ2v) is 5.78. The molecule has 23 heavy (non-hydrogen) atoms. The van der Waals surface area contributed by atoms with Crippen LogP contribution in [-0.2, 0) is 16.8 Å². The van der Waals surface area contributed by atoms with Gasteiger partial charge in [0.1, 0.15) is 5.75 Å². The van der Waals surface area contributed by atoms with Crippen LogP contribution in [0.25, 0.3) is 0 Å². The number of nitrogens with zero attached hydrogens (tertiary/aromatic N) is 1. The first kappa shape index (κ1) is 15.4. The number of aliphatic imine (C=N–C) groups is 1. The summed E-state index contributed by atoms with van der Waals surface area (Å²) in [6, 6.07) is 14.6. The Morgan fingerprint density at radius 1 is 1.26 bits per heavy atom. The summed E-state index contributed by atoms with van der Waals surface area (Å²) < 4.78 is 5.16. The number of ether oxygens (including phenoxy) is 1. The molecule has 1 atom stereocenters. The molecule has 0 aromatic heterocycles. The molecular formula is C17H16ClN3O2. The average molecular weight is 330 g/mol. The summed E-state index contributed by atoms with van der Waals surface area (Å²) in [5, 5.41) is 3.14. The number of halogens is 1. The van der Waals surface area contributed by atoms with Gasteiger partial charge in [0.15, 0.2) is 11.5 Å². The minimum atomic E-state index is -1.11. The van der Waals surface area contributed by atoms with Crippen LogP contribution in [0.5, 0.6) is 5.75 Å². The van der Waals surface area contributed by atoms with Crippen LogP contribution >= 0.6 is 11.6 Å². The Hall–Kier alpha value is -2.53. The largest absolute Gasteiger partial charge is 0.497 e. The molecule has 1 amide bonds. The van der Waals surface area contributed by atoms with E-state index in [0.717, 1.165) is 11.3 Å². The molecule has 0 aliphatic carbocycles. The second-order valence-electron chi connectivity index (χ2n) is 5.35. The van der Waals surface area contributed by atoms with Crippen molar-refractivity contribution >= 4 is 23.5 Å². The molecule has 3 rings (SSSR count). The number of rotatable bonds is 4. The highest BCUT2D eigenvalue weighted by atomic mass is 35.5. The molecule has 2 aromatic rings. The summed E-state index contributed by atoms with van der Waals surface area (Å²) in [4.78, 5) is 17.0. The molecule has 1 aliphatic rings. The highest BCUT2D eigenvalue weighted by Gasteiger charge is 2.45. The molecule has 118 valence electrons. The first-order valence-corrected chi connectivity index (χ1v) is 7.47. The number of nitrogens with one attached hydrogen (secondary N) is 1. The fourth-order valence-corrected chi connectivity index (χ4v) is 2.90. The van der Waals surface area contributed by atoms with Crippen LogP contribution in [0.1, 0.15) is 11.1 Å². The zero-order valence-electron chi connectivity index (χ0n) is 12.5. The van der Waals surface area contributed by atoms with Crippen molar-refractivity contribution in [3.63, 3.8) is 0 Å². The number of amides is 1. The minimum Gasteiger partial charge on any atom is -0.497 e. The van der Waals surface area contributed by atoms with Crippen LogP contribution in [0.4, 0.5) is 0 Å². The van der Waals surface area contributed by atoms with E-state index in [-0.39, 0.29) is 11.9 Å². The van der Waals surface area contributed by atoms with E-state index in [0.29, 0.717) is 17.0 Å². The predicted molar refractivity (Wildman–Crippen MR) is 89.6 cm³/mol. The van der Waals surface area contributed by atoms with Gasteiger partial charge in [-0.25, -0.2) is 4.99 Å². The van der Waals surface area contributed by atoms with Crippen LogP contribution < -0.4 is 15.8 Å². The third-order valence-corrected chi connectivity index (χ3v) is 4.08. The molecule has 0 fully saturated rings. The smallest absolute Gasteiger partial charge is 0.259 e. The summed E-state index contributed by atoms with van der Waals surface area (Å²) in [6.45, 7) is 0. The number of hydrogen-bond acceptors (Lipinski definition) is 4. The maximum atomic E-state index is 12.6. The lowest BCUT2D eigenvalue weighted by Gasteiger charge is -2.24. The molecule has 0 radical (unpaired) electrons. The van der Waals surface area contributed by atoms with Crippen LogP contribution in [0, 0.1) is 0 Å². The van der Waals surface area contributed by atoms with Crippen molar-refractivity contribution in [3.05, 3.63) is 64.7 Å². The first-order chi connectivity index (χ1) is 11.0. The lowest BCUT2D eigenvalue weighted by molar-refractivity contribution is -0.124. The number of hydrogen-bond donors (Lipinski definition) is 2. The molecule has 1 heterocycles. The van der Waals surface area contributed by atoms with E-state index in [1.165, 1.54) is 0 Å². The van der Waals surface area contributed by atoms with Gasteiger partial charge in [-0.05, 0) is 35.4 Å². The quantitative estimate of drug-likeness (QED) is 0.903. The third-order valence-electron chi connectivity index (χ3n) is 3.85. The Bertz CT molecular complexity index is 774. The number of methoxy groups -OCH3 is 1. The topological polar surface area (TPSA) is 76.7 Å². The Kier molecular flexibility index (Phi) is 3.96. The van der Waals surface area contributed by atoms with E-state index in [1.54, 1.807) is 25.3 Å². The van der Waals surface area contributed by atoms with Crippen molar-refractivity contribution in [2.75, 3.05) is 7.11 Å². The van der Waals surface area contributed by atoms with E-state index in [9.17, 15) is 4.79 Å². The highest BCUT2D eigenvalue weighted by molar-refractivity contribution is 6.30. The number of carbonyl (C=O) groups excluding carboxylic acids is 1. The Morgan fingerprint density at radius 2 is 2.00 bits per heavy atom. The summed E-state index contributed by atoms with van der Waals surface area (Å²) >= 11 is 6.08. The lowest BCUT2D eigenvalue weighted by Crippen LogP contribution is -2.40. The zero-order valence-corrected chi connectivity index (χ0v) is 13.3. The fourth-order valence-electron chi connectivity index (χ4n) is 2.71. The van der Waals surface area contributed by atoms with E-state index in [2.05, 4.69) is 10.3 Å². The predicted octanol–water partition coefficient (Wildman–Crippen LogP) is 2.23. The van der Waals surface area contributed by atoms with Gasteiger partial charge in [0.25, 0.3) is 5.91 Å². The number of benzene rings is 2. The van der Waals surface area contributed by atoms with Gasteiger partial charge in [0.2, 0.25) is 0 Å². The Morgan fingerprint density at radius 3 is 2.57 bits per heavy atom. The van der Waals surface area contributed by atoms with Gasteiger partial charge < -0.3 is 10.5 Å². The fraction of sp³-hybridized carbons (Fsp3) is 0.176. The van der Waals surface area contributed by atoms with Crippen LogP contribution in [-0.4, -0.2) is 19.0 Å². The van der Waals surface area contributed by atoms with E-state index in [1.807, 2.05) is 30.3 Å².